The average Bonchev–Trinajstić information content (AvgIpc) is 2.64. The maximum absolute atomic E-state index is 12.8. The average molecular weight is 338 g/mol. The second-order valence-corrected chi connectivity index (χ2v) is 6.69. The van der Waals surface area contributed by atoms with E-state index in [2.05, 4.69) is 36.1 Å². The quantitative estimate of drug-likeness (QED) is 0.839. The first-order chi connectivity index (χ1) is 12.2. The van der Waals surface area contributed by atoms with Crippen LogP contribution in [-0.2, 0) is 17.9 Å². The molecule has 0 radical (unpaired) electrons. The van der Waals surface area contributed by atoms with Gasteiger partial charge in [0.05, 0.1) is 6.61 Å². The van der Waals surface area contributed by atoms with Crippen LogP contribution in [0.3, 0.4) is 0 Å². The number of ether oxygens (including phenoxy) is 1. The van der Waals surface area contributed by atoms with E-state index in [1.165, 1.54) is 5.56 Å². The summed E-state index contributed by atoms with van der Waals surface area (Å²) in [5, 5.41) is 0. The first-order valence-electron chi connectivity index (χ1n) is 8.82. The maximum atomic E-state index is 12.8. The number of methoxy groups -OCH3 is 1. The summed E-state index contributed by atoms with van der Waals surface area (Å²) in [5.41, 5.74) is 3.16. The monoisotopic (exact) mass is 338 g/mol. The lowest BCUT2D eigenvalue weighted by Gasteiger charge is -2.40. The van der Waals surface area contributed by atoms with Crippen LogP contribution < -0.4 is 0 Å². The summed E-state index contributed by atoms with van der Waals surface area (Å²) in [7, 11) is 1.68. The smallest absolute Gasteiger partial charge is 0.253 e. The maximum Gasteiger partial charge on any atom is 0.253 e. The summed E-state index contributed by atoms with van der Waals surface area (Å²) < 4.78 is 5.12. The molecule has 0 aromatic heterocycles. The van der Waals surface area contributed by atoms with E-state index in [1.54, 1.807) is 7.11 Å². The molecule has 4 nitrogen and oxygen atoms in total. The lowest BCUT2D eigenvalue weighted by molar-refractivity contribution is 0.0495. The van der Waals surface area contributed by atoms with E-state index in [9.17, 15) is 4.79 Å². The Morgan fingerprint density at radius 1 is 1.04 bits per heavy atom. The van der Waals surface area contributed by atoms with Gasteiger partial charge in [0.1, 0.15) is 0 Å². The summed E-state index contributed by atoms with van der Waals surface area (Å²) in [6.45, 7) is 6.16. The number of rotatable bonds is 5. The fraction of sp³-hybridized carbons (Fsp3) is 0.381. The third-order valence-electron chi connectivity index (χ3n) is 4.79. The lowest BCUT2D eigenvalue weighted by atomic mass is 10.1. The lowest BCUT2D eigenvalue weighted by Crippen LogP contribution is -2.53. The zero-order valence-electron chi connectivity index (χ0n) is 15.0. The zero-order valence-corrected chi connectivity index (χ0v) is 15.0. The van der Waals surface area contributed by atoms with Crippen molar-refractivity contribution >= 4 is 5.91 Å². The number of carbonyl (C=O) groups is 1. The van der Waals surface area contributed by atoms with Gasteiger partial charge in [0, 0.05) is 44.9 Å². The molecule has 3 rings (SSSR count). The predicted octanol–water partition coefficient (Wildman–Crippen LogP) is 3.18. The van der Waals surface area contributed by atoms with E-state index in [0.29, 0.717) is 12.6 Å². The van der Waals surface area contributed by atoms with Gasteiger partial charge >= 0.3 is 0 Å². The normalized spacial score (nSPS) is 18.3. The number of hydrogen-bond donors (Lipinski definition) is 0. The van der Waals surface area contributed by atoms with Gasteiger partial charge in [-0.2, -0.15) is 0 Å². The molecule has 25 heavy (non-hydrogen) atoms. The van der Waals surface area contributed by atoms with E-state index in [-0.39, 0.29) is 5.91 Å². The Bertz CT molecular complexity index is 685. The molecule has 2 aromatic carbocycles. The second-order valence-electron chi connectivity index (χ2n) is 6.69. The Balaban J connectivity index is 1.59. The van der Waals surface area contributed by atoms with Crippen molar-refractivity contribution in [3.63, 3.8) is 0 Å². The van der Waals surface area contributed by atoms with Crippen molar-refractivity contribution in [2.75, 3.05) is 26.7 Å². The molecule has 1 saturated heterocycles. The van der Waals surface area contributed by atoms with Gasteiger partial charge in [-0.15, -0.1) is 0 Å². The molecule has 1 heterocycles. The minimum Gasteiger partial charge on any atom is -0.380 e. The van der Waals surface area contributed by atoms with Crippen LogP contribution in [0.1, 0.15) is 28.4 Å². The zero-order chi connectivity index (χ0) is 17.6. The number of amides is 1. The molecule has 132 valence electrons. The van der Waals surface area contributed by atoms with Crippen LogP contribution in [0.2, 0.25) is 0 Å². The largest absolute Gasteiger partial charge is 0.380 e. The van der Waals surface area contributed by atoms with Crippen LogP contribution in [-0.4, -0.2) is 48.5 Å². The standard InChI is InChI=1S/C21H26N2O2/c1-17-14-23(13-12-22(17)15-18-6-4-3-5-7-18)21(24)20-10-8-19(9-11-20)16-25-2/h3-11,17H,12-16H2,1-2H3. The molecule has 4 heteroatoms. The Morgan fingerprint density at radius 2 is 1.76 bits per heavy atom. The number of hydrogen-bond acceptors (Lipinski definition) is 3. The van der Waals surface area contributed by atoms with Gasteiger partial charge < -0.3 is 9.64 Å². The Hall–Kier alpha value is -2.17. The van der Waals surface area contributed by atoms with Gasteiger partial charge in [-0.3, -0.25) is 9.69 Å². The molecule has 1 aliphatic rings. The minimum absolute atomic E-state index is 0.121. The first-order valence-corrected chi connectivity index (χ1v) is 8.82. The topological polar surface area (TPSA) is 32.8 Å². The van der Waals surface area contributed by atoms with Crippen LogP contribution >= 0.6 is 0 Å². The van der Waals surface area contributed by atoms with E-state index in [4.69, 9.17) is 4.74 Å². The Kier molecular flexibility index (Phi) is 5.84. The van der Waals surface area contributed by atoms with Gasteiger partial charge in [0.2, 0.25) is 0 Å². The summed E-state index contributed by atoms with van der Waals surface area (Å²) in [6.07, 6.45) is 0. The highest BCUT2D eigenvalue weighted by Gasteiger charge is 2.27. The van der Waals surface area contributed by atoms with Crippen molar-refractivity contribution in [1.29, 1.82) is 0 Å². The van der Waals surface area contributed by atoms with Crippen molar-refractivity contribution in [1.82, 2.24) is 9.80 Å². The van der Waals surface area contributed by atoms with Crippen molar-refractivity contribution in [3.8, 4) is 0 Å². The van der Waals surface area contributed by atoms with Gasteiger partial charge in [-0.25, -0.2) is 0 Å². The van der Waals surface area contributed by atoms with Gasteiger partial charge in [-0.1, -0.05) is 42.5 Å². The van der Waals surface area contributed by atoms with Crippen LogP contribution in [0, 0.1) is 0 Å². The fourth-order valence-corrected chi connectivity index (χ4v) is 3.33. The van der Waals surface area contributed by atoms with Gasteiger partial charge in [0.25, 0.3) is 5.91 Å². The molecule has 1 fully saturated rings. The summed E-state index contributed by atoms with van der Waals surface area (Å²) in [6, 6.07) is 18.6. The molecular formula is C21H26N2O2. The Labute approximate surface area is 150 Å². The van der Waals surface area contributed by atoms with Crippen LogP contribution in [0.15, 0.2) is 54.6 Å². The molecule has 2 aromatic rings. The van der Waals surface area contributed by atoms with E-state index in [0.717, 1.165) is 37.3 Å². The number of nitrogens with zero attached hydrogens (tertiary/aromatic N) is 2. The third-order valence-corrected chi connectivity index (χ3v) is 4.79. The minimum atomic E-state index is 0.121. The van der Waals surface area contributed by atoms with E-state index in [1.807, 2.05) is 35.2 Å². The molecule has 1 amide bonds. The highest BCUT2D eigenvalue weighted by atomic mass is 16.5. The fourth-order valence-electron chi connectivity index (χ4n) is 3.33. The number of piperazine rings is 1. The highest BCUT2D eigenvalue weighted by molar-refractivity contribution is 5.94. The van der Waals surface area contributed by atoms with Gasteiger partial charge in [0.15, 0.2) is 0 Å². The third kappa shape index (κ3) is 4.47. The van der Waals surface area contributed by atoms with Crippen LogP contribution in [0.25, 0.3) is 0 Å². The van der Waals surface area contributed by atoms with Crippen molar-refractivity contribution in [2.45, 2.75) is 26.1 Å². The van der Waals surface area contributed by atoms with Crippen molar-refractivity contribution in [3.05, 3.63) is 71.3 Å². The molecule has 0 spiro atoms. The molecule has 1 atom stereocenters. The molecule has 0 bridgehead atoms. The summed E-state index contributed by atoms with van der Waals surface area (Å²) in [5.74, 6) is 0.121. The van der Waals surface area contributed by atoms with Crippen molar-refractivity contribution in [2.24, 2.45) is 0 Å². The first kappa shape index (κ1) is 17.6. The predicted molar refractivity (Wildman–Crippen MR) is 99.4 cm³/mol. The SMILES string of the molecule is COCc1ccc(C(=O)N2CCN(Cc3ccccc3)C(C)C2)cc1. The van der Waals surface area contributed by atoms with E-state index >= 15 is 0 Å². The highest BCUT2D eigenvalue weighted by Crippen LogP contribution is 2.16. The Morgan fingerprint density at radius 3 is 2.40 bits per heavy atom. The summed E-state index contributed by atoms with van der Waals surface area (Å²) >= 11 is 0. The number of carbonyl (C=O) groups excluding carboxylic acids is 1. The molecule has 1 aliphatic heterocycles. The van der Waals surface area contributed by atoms with Crippen LogP contribution in [0.5, 0.6) is 0 Å². The molecular weight excluding hydrogens is 312 g/mol. The van der Waals surface area contributed by atoms with Crippen molar-refractivity contribution < 1.29 is 9.53 Å². The molecule has 0 aliphatic carbocycles. The second kappa shape index (κ2) is 8.28. The molecule has 0 N–H and O–H groups in total. The summed E-state index contributed by atoms with van der Waals surface area (Å²) in [4.78, 5) is 17.2. The molecule has 1 unspecified atom stereocenters. The van der Waals surface area contributed by atoms with E-state index < -0.39 is 0 Å². The molecule has 0 saturated carbocycles. The number of benzene rings is 2. The van der Waals surface area contributed by atoms with Gasteiger partial charge in [-0.05, 0) is 30.2 Å². The van der Waals surface area contributed by atoms with Crippen LogP contribution in [0.4, 0.5) is 0 Å².